The highest BCUT2D eigenvalue weighted by molar-refractivity contribution is 6.09. The molecule has 5 heteroatoms. The average molecular weight is 596 g/mol. The molecule has 2 atom stereocenters. The largest absolute Gasteiger partial charge is 0.358 e. The van der Waals surface area contributed by atoms with Crippen molar-refractivity contribution in [1.82, 2.24) is 4.98 Å². The number of benzene rings is 5. The van der Waals surface area contributed by atoms with Crippen molar-refractivity contribution < 1.29 is 0 Å². The molecule has 0 saturated carbocycles. The number of nitrogens with one attached hydrogen (secondary N) is 1. The highest BCUT2D eigenvalue weighted by Gasteiger charge is 2.32. The highest BCUT2D eigenvalue weighted by atomic mass is 15.3. The van der Waals surface area contributed by atoms with Crippen LogP contribution in [0.5, 0.6) is 0 Å². The quantitative estimate of drug-likeness (QED) is 0.199. The number of pyridine rings is 1. The zero-order valence-corrected chi connectivity index (χ0v) is 25.3. The summed E-state index contributed by atoms with van der Waals surface area (Å²) in [6.45, 7) is 0.692. The molecule has 5 nitrogen and oxygen atoms in total. The molecule has 0 radical (unpaired) electrons. The summed E-state index contributed by atoms with van der Waals surface area (Å²) >= 11 is 0. The molecule has 2 aliphatic heterocycles. The lowest BCUT2D eigenvalue weighted by Gasteiger charge is -2.27. The number of hydrogen-bond acceptors (Lipinski definition) is 5. The maximum absolute atomic E-state index is 4.99. The normalized spacial score (nSPS) is 16.8. The van der Waals surface area contributed by atoms with E-state index in [1.807, 2.05) is 24.4 Å². The highest BCUT2D eigenvalue weighted by Crippen LogP contribution is 2.45. The first-order valence-electron chi connectivity index (χ1n) is 15.7. The Morgan fingerprint density at radius 3 is 1.89 bits per heavy atom. The topological polar surface area (TPSA) is 43.8 Å². The molecule has 1 aromatic heterocycles. The van der Waals surface area contributed by atoms with E-state index in [9.17, 15) is 0 Å². The Kier molecular flexibility index (Phi) is 7.33. The molecule has 0 fully saturated rings. The summed E-state index contributed by atoms with van der Waals surface area (Å²) in [6, 6.07) is 52.9. The van der Waals surface area contributed by atoms with Crippen LogP contribution in [-0.4, -0.2) is 17.2 Å². The first kappa shape index (κ1) is 27.6. The first-order chi connectivity index (χ1) is 22.8. The Hall–Kier alpha value is -5.94. The number of aliphatic imine (C=N–C) groups is 1. The molecule has 2 unspecified atom stereocenters. The van der Waals surface area contributed by atoms with Gasteiger partial charge in [0.25, 0.3) is 0 Å². The smallest absolute Gasteiger partial charge is 0.147 e. The Morgan fingerprint density at radius 2 is 1.26 bits per heavy atom. The number of fused-ring (bicyclic) bond motifs is 1. The van der Waals surface area contributed by atoms with Crippen molar-refractivity contribution in [3.63, 3.8) is 0 Å². The van der Waals surface area contributed by atoms with E-state index in [2.05, 4.69) is 161 Å². The molecule has 46 heavy (non-hydrogen) atoms. The van der Waals surface area contributed by atoms with Gasteiger partial charge in [0.15, 0.2) is 0 Å². The number of allylic oxidation sites excluding steroid dienone is 1. The van der Waals surface area contributed by atoms with Gasteiger partial charge in [-0.3, -0.25) is 9.98 Å². The van der Waals surface area contributed by atoms with Gasteiger partial charge in [0, 0.05) is 34.9 Å². The van der Waals surface area contributed by atoms with E-state index in [0.717, 1.165) is 51.1 Å². The fourth-order valence-corrected chi connectivity index (χ4v) is 6.34. The Morgan fingerprint density at radius 1 is 0.630 bits per heavy atom. The number of hydrogen-bond donors (Lipinski definition) is 1. The van der Waals surface area contributed by atoms with Crippen molar-refractivity contribution in [1.29, 1.82) is 0 Å². The molecule has 0 bridgehead atoms. The first-order valence-corrected chi connectivity index (χ1v) is 15.7. The van der Waals surface area contributed by atoms with Crippen molar-refractivity contribution >= 4 is 39.8 Å². The molecule has 3 heterocycles. The van der Waals surface area contributed by atoms with Crippen molar-refractivity contribution in [3.05, 3.63) is 187 Å². The van der Waals surface area contributed by atoms with Crippen LogP contribution in [0.15, 0.2) is 175 Å². The third-order valence-electron chi connectivity index (χ3n) is 8.66. The van der Waals surface area contributed by atoms with Gasteiger partial charge in [-0.1, -0.05) is 91.0 Å². The molecule has 0 aliphatic carbocycles. The van der Waals surface area contributed by atoms with Crippen molar-refractivity contribution in [2.24, 2.45) is 4.99 Å². The van der Waals surface area contributed by atoms with Crippen LogP contribution in [0.1, 0.15) is 28.9 Å². The lowest BCUT2D eigenvalue weighted by molar-refractivity contribution is 0.779. The lowest BCUT2D eigenvalue weighted by Crippen LogP contribution is -2.24. The van der Waals surface area contributed by atoms with E-state index >= 15 is 0 Å². The zero-order chi connectivity index (χ0) is 30.7. The van der Waals surface area contributed by atoms with Gasteiger partial charge in [-0.15, -0.1) is 0 Å². The SMILES string of the molecule is C1=CC(c2ccc(C3Nc4ccccc4N3c3ccccc3)nc2)CN=C1c1ccc(N(c2ccccc2)c2ccccc2)cc1. The molecule has 0 saturated heterocycles. The van der Waals surface area contributed by atoms with Crippen LogP contribution in [0.4, 0.5) is 34.1 Å². The van der Waals surface area contributed by atoms with Crippen LogP contribution < -0.4 is 15.1 Å². The van der Waals surface area contributed by atoms with Crippen molar-refractivity contribution in [2.45, 2.75) is 12.1 Å². The number of rotatable bonds is 7. The Bertz CT molecular complexity index is 1950. The second kappa shape index (κ2) is 12.2. The van der Waals surface area contributed by atoms with E-state index in [0.29, 0.717) is 6.54 Å². The summed E-state index contributed by atoms with van der Waals surface area (Å²) in [7, 11) is 0. The van der Waals surface area contributed by atoms with Crippen LogP contribution in [0.2, 0.25) is 0 Å². The van der Waals surface area contributed by atoms with Gasteiger partial charge in [-0.05, 0) is 83.9 Å². The average Bonchev–Trinajstić information content (AvgIpc) is 3.53. The minimum Gasteiger partial charge on any atom is -0.358 e. The monoisotopic (exact) mass is 595 g/mol. The second-order valence-corrected chi connectivity index (χ2v) is 11.5. The van der Waals surface area contributed by atoms with E-state index in [4.69, 9.17) is 9.98 Å². The summed E-state index contributed by atoms with van der Waals surface area (Å²) < 4.78 is 0. The third kappa shape index (κ3) is 5.33. The van der Waals surface area contributed by atoms with Crippen molar-refractivity contribution in [3.8, 4) is 0 Å². The summed E-state index contributed by atoms with van der Waals surface area (Å²) in [5.74, 6) is 0.190. The predicted molar refractivity (Wildman–Crippen MR) is 190 cm³/mol. The molecule has 222 valence electrons. The van der Waals surface area contributed by atoms with Gasteiger partial charge in [-0.2, -0.15) is 0 Å². The third-order valence-corrected chi connectivity index (χ3v) is 8.66. The molecule has 2 aliphatic rings. The van der Waals surface area contributed by atoms with E-state index in [1.165, 1.54) is 5.56 Å². The van der Waals surface area contributed by atoms with Gasteiger partial charge in [0.1, 0.15) is 6.17 Å². The number of dihydropyridines is 1. The molecule has 5 aromatic carbocycles. The molecule has 8 rings (SSSR count). The second-order valence-electron chi connectivity index (χ2n) is 11.5. The van der Waals surface area contributed by atoms with Crippen LogP contribution in [0, 0.1) is 0 Å². The summed E-state index contributed by atoms with van der Waals surface area (Å²) in [5.41, 5.74) is 11.0. The fourth-order valence-electron chi connectivity index (χ4n) is 6.34. The Balaban J connectivity index is 0.984. The molecular formula is C41H33N5. The standard InChI is InChI=1S/C41H33N5/c1-4-12-33(13-5-1)45(34-14-6-2-7-15-34)36-24-20-30(21-25-36)37-26-22-31(28-42-37)32-23-27-39(43-29-32)41-44-38-18-10-11-19-40(38)46(41)35-16-8-3-9-17-35/h1-27,29,31,41,44H,28H2. The Labute approximate surface area is 269 Å². The maximum Gasteiger partial charge on any atom is 0.147 e. The zero-order valence-electron chi connectivity index (χ0n) is 25.3. The van der Waals surface area contributed by atoms with Gasteiger partial charge < -0.3 is 15.1 Å². The fraction of sp³-hybridized carbons (Fsp3) is 0.0732. The van der Waals surface area contributed by atoms with E-state index < -0.39 is 0 Å². The summed E-state index contributed by atoms with van der Waals surface area (Å²) in [5, 5.41) is 3.68. The minimum absolute atomic E-state index is 0.0805. The van der Waals surface area contributed by atoms with Gasteiger partial charge in [0.05, 0.1) is 29.3 Å². The van der Waals surface area contributed by atoms with Gasteiger partial charge in [-0.25, -0.2) is 0 Å². The lowest BCUT2D eigenvalue weighted by atomic mass is 9.96. The number of para-hydroxylation sites is 5. The summed E-state index contributed by atoms with van der Waals surface area (Å²) in [6.07, 6.45) is 6.33. The van der Waals surface area contributed by atoms with Crippen molar-refractivity contribution in [2.75, 3.05) is 21.7 Å². The van der Waals surface area contributed by atoms with Crippen LogP contribution in [0.3, 0.4) is 0 Å². The minimum atomic E-state index is -0.0805. The van der Waals surface area contributed by atoms with Crippen LogP contribution >= 0.6 is 0 Å². The molecular weight excluding hydrogens is 562 g/mol. The van der Waals surface area contributed by atoms with Crippen LogP contribution in [0.25, 0.3) is 0 Å². The van der Waals surface area contributed by atoms with E-state index in [-0.39, 0.29) is 12.1 Å². The molecule has 6 aromatic rings. The molecule has 1 N–H and O–H groups in total. The van der Waals surface area contributed by atoms with Gasteiger partial charge >= 0.3 is 0 Å². The predicted octanol–water partition coefficient (Wildman–Crippen LogP) is 9.96. The number of aromatic nitrogens is 1. The molecule has 0 spiro atoms. The molecule has 0 amide bonds. The number of nitrogens with zero attached hydrogens (tertiary/aromatic N) is 4. The van der Waals surface area contributed by atoms with E-state index in [1.54, 1.807) is 0 Å². The van der Waals surface area contributed by atoms with Gasteiger partial charge in [0.2, 0.25) is 0 Å². The number of anilines is 6. The maximum atomic E-state index is 4.99. The van der Waals surface area contributed by atoms with Crippen LogP contribution in [-0.2, 0) is 0 Å². The summed E-state index contributed by atoms with van der Waals surface area (Å²) in [4.78, 5) is 14.5.